The van der Waals surface area contributed by atoms with E-state index in [4.69, 9.17) is 0 Å². The Hall–Kier alpha value is 1.23. The van der Waals surface area contributed by atoms with E-state index in [0.717, 1.165) is 0 Å². The normalized spacial score (nSPS) is 9.00. The number of hydrogen-bond acceptors (Lipinski definition) is 0. The van der Waals surface area contributed by atoms with E-state index in [1.807, 2.05) is 0 Å². The molecule has 0 amide bonds. The molecule has 8 heavy (non-hydrogen) atoms. The van der Waals surface area contributed by atoms with Crippen LogP contribution in [0.2, 0.25) is 14.8 Å². The molecular weight excluding hydrogens is 222 g/mol. The Labute approximate surface area is 62.6 Å². The van der Waals surface area contributed by atoms with E-state index >= 15 is 0 Å². The predicted octanol–water partition coefficient (Wildman–Crippen LogP) is 2.46. The van der Waals surface area contributed by atoms with Crippen LogP contribution in [0.15, 0.2) is 0 Å². The van der Waals surface area contributed by atoms with E-state index < -0.39 is 19.8 Å². The van der Waals surface area contributed by atoms with E-state index in [-0.39, 0.29) is 7.92 Å². The van der Waals surface area contributed by atoms with E-state index in [1.165, 1.54) is 0 Å². The first kappa shape index (κ1) is 12.0. The molecule has 0 spiro atoms. The third-order valence-electron chi connectivity index (χ3n) is 0. The fourth-order valence-electron chi connectivity index (χ4n) is 0. The standard InChI is InChI=1S/C3H9P.3CH3.Sn/c1-4(2)3;;;;/h1-3H3;3*1H3;/p+1. The zero-order valence-corrected chi connectivity index (χ0v) is 10.9. The molecule has 0 bridgehead atoms. The molecule has 2 heteroatoms. The van der Waals surface area contributed by atoms with Crippen LogP contribution in [0.4, 0.5) is 0 Å². The quantitative estimate of drug-likeness (QED) is 0.451. The fraction of sp³-hybridized carbons (Fsp3) is 1.00. The summed E-state index contributed by atoms with van der Waals surface area (Å²) in [4.78, 5) is 7.09. The Bertz CT molecular complexity index is 24.0. The summed E-state index contributed by atoms with van der Waals surface area (Å²) in [5.74, 6) is 0. The molecule has 0 nitrogen and oxygen atoms in total. The number of hydrogen-bond donors (Lipinski definition) is 0. The van der Waals surface area contributed by atoms with Gasteiger partial charge in [0.2, 0.25) is 0 Å². The van der Waals surface area contributed by atoms with Gasteiger partial charge in [-0.3, -0.25) is 0 Å². The summed E-state index contributed by atoms with van der Waals surface area (Å²) in [7, 11) is 0.120. The van der Waals surface area contributed by atoms with Crippen LogP contribution >= 0.6 is 7.92 Å². The summed E-state index contributed by atoms with van der Waals surface area (Å²) in [6.45, 7) is 6.81. The third-order valence-corrected chi connectivity index (χ3v) is 0. The summed E-state index contributed by atoms with van der Waals surface area (Å²) >= 11 is -0.543. The molecule has 1 radical (unpaired) electrons. The average Bonchev–Trinajstić information content (AvgIpc) is 1.25. The van der Waals surface area contributed by atoms with Crippen molar-refractivity contribution >= 4 is 27.7 Å². The molecule has 0 aliphatic heterocycles. The molecule has 0 aliphatic carbocycles. The Morgan fingerprint density at radius 3 is 0.875 bits per heavy atom. The molecule has 0 saturated carbocycles. The second-order valence-corrected chi connectivity index (χ2v) is 14.6. The van der Waals surface area contributed by atoms with Crippen LogP contribution in [0.25, 0.3) is 0 Å². The summed E-state index contributed by atoms with van der Waals surface area (Å²) in [5.41, 5.74) is 0. The fourth-order valence-corrected chi connectivity index (χ4v) is 0. The SMILES string of the molecule is C[PH+](C)C.[CH3][Sn]([CH3])[CH3]. The van der Waals surface area contributed by atoms with Gasteiger partial charge in [-0.1, -0.05) is 0 Å². The van der Waals surface area contributed by atoms with Crippen molar-refractivity contribution in [1.29, 1.82) is 0 Å². The van der Waals surface area contributed by atoms with Crippen LogP contribution in [-0.2, 0) is 0 Å². The summed E-state index contributed by atoms with van der Waals surface area (Å²) in [6, 6.07) is 0. The van der Waals surface area contributed by atoms with Gasteiger partial charge >= 0.3 is 34.6 Å². The van der Waals surface area contributed by atoms with Crippen molar-refractivity contribution in [2.45, 2.75) is 14.8 Å². The molecule has 0 N–H and O–H groups in total. The van der Waals surface area contributed by atoms with Gasteiger partial charge in [-0.2, -0.15) is 0 Å². The van der Waals surface area contributed by atoms with Gasteiger partial charge in [0.1, 0.15) is 0 Å². The van der Waals surface area contributed by atoms with Gasteiger partial charge in [-0.05, 0) is 7.92 Å². The van der Waals surface area contributed by atoms with Crippen molar-refractivity contribution in [3.63, 3.8) is 0 Å². The van der Waals surface area contributed by atoms with Gasteiger partial charge in [0.15, 0.2) is 0 Å². The molecule has 0 aromatic carbocycles. The summed E-state index contributed by atoms with van der Waals surface area (Å²) in [6.07, 6.45) is 0. The van der Waals surface area contributed by atoms with E-state index in [1.54, 1.807) is 0 Å². The minimum atomic E-state index is -0.543. The van der Waals surface area contributed by atoms with Crippen LogP contribution in [0.5, 0.6) is 0 Å². The Kier molecular flexibility index (Phi) is 12.3. The average molecular weight is 241 g/mol. The van der Waals surface area contributed by atoms with Crippen molar-refractivity contribution in [2.75, 3.05) is 20.0 Å². The van der Waals surface area contributed by atoms with Crippen LogP contribution in [-0.4, -0.2) is 39.8 Å². The monoisotopic (exact) mass is 242 g/mol. The Balaban J connectivity index is 0. The van der Waals surface area contributed by atoms with Gasteiger partial charge in [0.25, 0.3) is 0 Å². The molecule has 0 aliphatic rings. The van der Waals surface area contributed by atoms with Crippen molar-refractivity contribution in [3.05, 3.63) is 0 Å². The molecule has 0 aromatic heterocycles. The Morgan fingerprint density at radius 2 is 0.875 bits per heavy atom. The van der Waals surface area contributed by atoms with E-state index in [2.05, 4.69) is 34.8 Å². The Morgan fingerprint density at radius 1 is 0.875 bits per heavy atom. The second-order valence-electron chi connectivity index (χ2n) is 3.00. The molecule has 0 aromatic rings. The maximum atomic E-state index is 2.36. The van der Waals surface area contributed by atoms with Gasteiger partial charge in [0, 0.05) is 20.0 Å². The topological polar surface area (TPSA) is 0 Å². The second kappa shape index (κ2) is 8.23. The summed E-state index contributed by atoms with van der Waals surface area (Å²) < 4.78 is 0. The maximum absolute atomic E-state index is 2.36. The molecule has 0 rings (SSSR count). The van der Waals surface area contributed by atoms with Crippen molar-refractivity contribution in [2.24, 2.45) is 0 Å². The molecular formula is C6H19PSn+. The van der Waals surface area contributed by atoms with E-state index in [0.29, 0.717) is 0 Å². The number of rotatable bonds is 0. The molecule has 0 saturated heterocycles. The zero-order chi connectivity index (χ0) is 7.15. The molecule has 0 unspecified atom stereocenters. The first-order valence-corrected chi connectivity index (χ1v) is 14.6. The zero-order valence-electron chi connectivity index (χ0n) is 7.00. The van der Waals surface area contributed by atoms with Gasteiger partial charge in [-0.15, -0.1) is 0 Å². The van der Waals surface area contributed by atoms with Crippen LogP contribution in [0.3, 0.4) is 0 Å². The van der Waals surface area contributed by atoms with Gasteiger partial charge < -0.3 is 0 Å². The van der Waals surface area contributed by atoms with E-state index in [9.17, 15) is 0 Å². The predicted molar refractivity (Wildman–Crippen MR) is 49.4 cm³/mol. The molecule has 0 atom stereocenters. The van der Waals surface area contributed by atoms with Gasteiger partial charge in [0.05, 0.1) is 0 Å². The summed E-state index contributed by atoms with van der Waals surface area (Å²) in [5, 5.41) is 0. The first-order chi connectivity index (χ1) is 3.46. The van der Waals surface area contributed by atoms with Crippen molar-refractivity contribution in [1.82, 2.24) is 0 Å². The van der Waals surface area contributed by atoms with Gasteiger partial charge in [-0.25, -0.2) is 0 Å². The minimum absolute atomic E-state index is 0.120. The van der Waals surface area contributed by atoms with Crippen LogP contribution in [0.1, 0.15) is 0 Å². The molecule has 0 heterocycles. The molecule has 0 fully saturated rings. The first-order valence-electron chi connectivity index (χ1n) is 3.00. The van der Waals surface area contributed by atoms with Crippen LogP contribution in [0, 0.1) is 0 Å². The third kappa shape index (κ3) is 186. The van der Waals surface area contributed by atoms with Crippen molar-refractivity contribution in [3.8, 4) is 0 Å². The van der Waals surface area contributed by atoms with Crippen LogP contribution < -0.4 is 0 Å². The van der Waals surface area contributed by atoms with Crippen molar-refractivity contribution < 1.29 is 0 Å². The molecule has 51 valence electrons.